The summed E-state index contributed by atoms with van der Waals surface area (Å²) in [7, 11) is 1.43. The summed E-state index contributed by atoms with van der Waals surface area (Å²) in [6.07, 6.45) is -2.95. The van der Waals surface area contributed by atoms with Crippen molar-refractivity contribution in [2.45, 2.75) is 52.8 Å². The Morgan fingerprint density at radius 1 is 1.22 bits per heavy atom. The Morgan fingerprint density at radius 3 is 2.31 bits per heavy atom. The van der Waals surface area contributed by atoms with E-state index in [9.17, 15) is 22.8 Å². The van der Waals surface area contributed by atoms with Gasteiger partial charge in [0.2, 0.25) is 5.91 Å². The second-order valence-corrected chi connectivity index (χ2v) is 7.30. The predicted molar refractivity (Wildman–Crippen MR) is 122 cm³/mol. The van der Waals surface area contributed by atoms with Gasteiger partial charge in [0.05, 0.1) is 5.56 Å². The molecule has 0 aromatic heterocycles. The molecule has 0 unspecified atom stereocenters. The summed E-state index contributed by atoms with van der Waals surface area (Å²) in [6.45, 7) is 13.1. The highest BCUT2D eigenvalue weighted by atomic mass is 19.4. The van der Waals surface area contributed by atoms with Crippen molar-refractivity contribution in [1.82, 2.24) is 16.0 Å². The van der Waals surface area contributed by atoms with E-state index in [1.54, 1.807) is 6.92 Å². The highest BCUT2D eigenvalue weighted by molar-refractivity contribution is 5.99. The Balaban J connectivity index is 0.00000249. The van der Waals surface area contributed by atoms with Gasteiger partial charge in [-0.1, -0.05) is 20.4 Å². The molecule has 0 bridgehead atoms. The van der Waals surface area contributed by atoms with Crippen molar-refractivity contribution in [3.8, 4) is 0 Å². The normalized spacial score (nSPS) is 14.1. The molecule has 0 saturated carbocycles. The standard InChI is InChI=1S/C21H29F3N4O2.C2H6/c1-5-28(16-6-8-26-9-7-16)18-11-15(21(22,23)24)10-17(14(18)3)20(30)27-12-13(2)19(29)25-4;1-2/h10-11,16,26H,2,5-9,12H2,1,3-4H3,(H,25,29)(H,27,30);1-2H3. The molecule has 3 N–H and O–H groups in total. The Labute approximate surface area is 188 Å². The van der Waals surface area contributed by atoms with Gasteiger partial charge < -0.3 is 20.9 Å². The van der Waals surface area contributed by atoms with Gasteiger partial charge in [-0.05, 0) is 57.5 Å². The van der Waals surface area contributed by atoms with Crippen LogP contribution in [0.2, 0.25) is 0 Å². The van der Waals surface area contributed by atoms with E-state index in [0.717, 1.165) is 38.1 Å². The maximum Gasteiger partial charge on any atom is 0.416 e. The van der Waals surface area contributed by atoms with Crippen LogP contribution in [0.3, 0.4) is 0 Å². The van der Waals surface area contributed by atoms with Gasteiger partial charge >= 0.3 is 6.18 Å². The van der Waals surface area contributed by atoms with Crippen LogP contribution in [0, 0.1) is 6.92 Å². The smallest absolute Gasteiger partial charge is 0.368 e. The van der Waals surface area contributed by atoms with Crippen LogP contribution in [0.15, 0.2) is 24.3 Å². The molecule has 1 fully saturated rings. The van der Waals surface area contributed by atoms with E-state index in [1.807, 2.05) is 25.7 Å². The van der Waals surface area contributed by atoms with E-state index >= 15 is 0 Å². The van der Waals surface area contributed by atoms with E-state index in [0.29, 0.717) is 17.8 Å². The fourth-order valence-electron chi connectivity index (χ4n) is 3.68. The SMILES string of the molecule is C=C(CNC(=O)c1cc(C(F)(F)F)cc(N(CC)C2CCNCC2)c1C)C(=O)NC.CC. The predicted octanol–water partition coefficient (Wildman–Crippen LogP) is 3.65. The number of hydrogen-bond acceptors (Lipinski definition) is 4. The number of piperidine rings is 1. The minimum Gasteiger partial charge on any atom is -0.368 e. The van der Waals surface area contributed by atoms with Crippen LogP contribution in [0.4, 0.5) is 18.9 Å². The van der Waals surface area contributed by atoms with Gasteiger partial charge in [0.1, 0.15) is 0 Å². The van der Waals surface area contributed by atoms with Crippen molar-refractivity contribution in [2.24, 2.45) is 0 Å². The van der Waals surface area contributed by atoms with E-state index in [-0.39, 0.29) is 23.7 Å². The van der Waals surface area contributed by atoms with Crippen LogP contribution in [0.1, 0.15) is 55.1 Å². The summed E-state index contributed by atoms with van der Waals surface area (Å²) in [5.41, 5.74) is 0.0733. The molecule has 1 aliphatic rings. The van der Waals surface area contributed by atoms with E-state index in [4.69, 9.17) is 0 Å². The number of hydrogen-bond donors (Lipinski definition) is 3. The molecule has 1 aromatic rings. The van der Waals surface area contributed by atoms with Crippen LogP contribution in [0.25, 0.3) is 0 Å². The summed E-state index contributed by atoms with van der Waals surface area (Å²) in [4.78, 5) is 26.2. The zero-order chi connectivity index (χ0) is 24.5. The van der Waals surface area contributed by atoms with E-state index in [2.05, 4.69) is 22.5 Å². The lowest BCUT2D eigenvalue weighted by Gasteiger charge is -2.37. The first kappa shape index (κ1) is 27.5. The van der Waals surface area contributed by atoms with Crippen molar-refractivity contribution in [3.63, 3.8) is 0 Å². The number of nitrogens with zero attached hydrogens (tertiary/aromatic N) is 1. The summed E-state index contributed by atoms with van der Waals surface area (Å²) in [5.74, 6) is -1.12. The number of benzene rings is 1. The van der Waals surface area contributed by atoms with Crippen molar-refractivity contribution >= 4 is 17.5 Å². The van der Waals surface area contributed by atoms with Crippen LogP contribution >= 0.6 is 0 Å². The highest BCUT2D eigenvalue weighted by Crippen LogP contribution is 2.36. The molecule has 6 nitrogen and oxygen atoms in total. The zero-order valence-electron chi connectivity index (χ0n) is 19.6. The van der Waals surface area contributed by atoms with Gasteiger partial charge in [-0.2, -0.15) is 13.2 Å². The van der Waals surface area contributed by atoms with Crippen LogP contribution < -0.4 is 20.9 Å². The number of likely N-dealkylation sites (N-methyl/N-ethyl adjacent to an activating group) is 1. The molecule has 9 heteroatoms. The monoisotopic (exact) mass is 456 g/mol. The van der Waals surface area contributed by atoms with Gasteiger partial charge in [-0.15, -0.1) is 0 Å². The fraction of sp³-hybridized carbons (Fsp3) is 0.565. The third kappa shape index (κ3) is 6.98. The average Bonchev–Trinajstić information content (AvgIpc) is 2.79. The summed E-state index contributed by atoms with van der Waals surface area (Å²) in [5, 5.41) is 8.14. The Hall–Kier alpha value is -2.55. The molecule has 0 spiro atoms. The second kappa shape index (κ2) is 12.5. The van der Waals surface area contributed by atoms with Crippen molar-refractivity contribution < 1.29 is 22.8 Å². The molecule has 1 aromatic carbocycles. The summed E-state index contributed by atoms with van der Waals surface area (Å²) >= 11 is 0. The Morgan fingerprint density at radius 2 is 1.81 bits per heavy atom. The quantitative estimate of drug-likeness (QED) is 0.548. The number of carbonyl (C=O) groups excluding carboxylic acids is 2. The minimum absolute atomic E-state index is 0.0584. The first-order chi connectivity index (χ1) is 15.1. The summed E-state index contributed by atoms with van der Waals surface area (Å²) < 4.78 is 40.8. The summed E-state index contributed by atoms with van der Waals surface area (Å²) in [6, 6.07) is 2.09. The topological polar surface area (TPSA) is 73.5 Å². The Bertz CT molecular complexity index is 803. The van der Waals surface area contributed by atoms with Gasteiger partial charge in [0, 0.05) is 43.0 Å². The molecule has 0 radical (unpaired) electrons. The molecular formula is C23H35F3N4O2. The van der Waals surface area contributed by atoms with Crippen LogP contribution in [0.5, 0.6) is 0 Å². The van der Waals surface area contributed by atoms with Crippen LogP contribution in [-0.4, -0.2) is 51.1 Å². The number of halogens is 3. The number of rotatable bonds is 7. The zero-order valence-corrected chi connectivity index (χ0v) is 19.6. The number of carbonyl (C=O) groups is 2. The minimum atomic E-state index is -4.59. The van der Waals surface area contributed by atoms with E-state index in [1.165, 1.54) is 7.05 Å². The van der Waals surface area contributed by atoms with Gasteiger partial charge in [0.25, 0.3) is 5.91 Å². The largest absolute Gasteiger partial charge is 0.416 e. The average molecular weight is 457 g/mol. The highest BCUT2D eigenvalue weighted by Gasteiger charge is 2.34. The van der Waals surface area contributed by atoms with Crippen molar-refractivity contribution in [1.29, 1.82) is 0 Å². The lowest BCUT2D eigenvalue weighted by Crippen LogP contribution is -2.43. The molecule has 32 heavy (non-hydrogen) atoms. The maximum absolute atomic E-state index is 13.6. The van der Waals surface area contributed by atoms with Gasteiger partial charge in [-0.25, -0.2) is 0 Å². The number of anilines is 1. The molecule has 0 aliphatic carbocycles. The molecular weight excluding hydrogens is 421 g/mol. The third-order valence-corrected chi connectivity index (χ3v) is 5.36. The molecule has 1 aliphatic heterocycles. The lowest BCUT2D eigenvalue weighted by molar-refractivity contribution is -0.137. The first-order valence-electron chi connectivity index (χ1n) is 11.0. The fourth-order valence-corrected chi connectivity index (χ4v) is 3.68. The molecule has 2 amide bonds. The molecule has 1 heterocycles. The molecule has 180 valence electrons. The van der Waals surface area contributed by atoms with Gasteiger partial charge in [0.15, 0.2) is 0 Å². The Kier molecular flexibility index (Phi) is 10.7. The third-order valence-electron chi connectivity index (χ3n) is 5.36. The van der Waals surface area contributed by atoms with Crippen LogP contribution in [-0.2, 0) is 11.0 Å². The molecule has 1 saturated heterocycles. The molecule has 0 atom stereocenters. The molecule has 2 rings (SSSR count). The van der Waals surface area contributed by atoms with E-state index < -0.39 is 23.6 Å². The lowest BCUT2D eigenvalue weighted by atomic mass is 9.97. The number of alkyl halides is 3. The number of nitrogens with one attached hydrogen (secondary N) is 3. The number of amides is 2. The maximum atomic E-state index is 13.6. The first-order valence-corrected chi connectivity index (χ1v) is 11.0. The van der Waals surface area contributed by atoms with Gasteiger partial charge in [-0.3, -0.25) is 9.59 Å². The van der Waals surface area contributed by atoms with Crippen molar-refractivity contribution in [3.05, 3.63) is 41.0 Å². The van der Waals surface area contributed by atoms with Crippen molar-refractivity contribution in [2.75, 3.05) is 38.1 Å². The second-order valence-electron chi connectivity index (χ2n) is 7.30.